The predicted molar refractivity (Wildman–Crippen MR) is 105 cm³/mol. The van der Waals surface area contributed by atoms with Gasteiger partial charge in [-0.3, -0.25) is 9.69 Å². The number of pyridine rings is 1. The number of hydrogen-bond donors (Lipinski definition) is 0. The molecule has 140 valence electrons. The molecule has 1 aromatic carbocycles. The highest BCUT2D eigenvalue weighted by Gasteiger charge is 2.28. The van der Waals surface area contributed by atoms with Crippen LogP contribution in [0.1, 0.15) is 24.3 Å². The van der Waals surface area contributed by atoms with Gasteiger partial charge in [-0.25, -0.2) is 4.98 Å². The number of ether oxygens (including phenoxy) is 1. The van der Waals surface area contributed by atoms with E-state index in [2.05, 4.69) is 4.98 Å². The van der Waals surface area contributed by atoms with Gasteiger partial charge in [-0.05, 0) is 55.0 Å². The van der Waals surface area contributed by atoms with E-state index >= 15 is 0 Å². The normalized spacial score (nSPS) is 12.1. The number of methoxy groups -OCH3 is 1. The molecule has 0 bridgehead atoms. The van der Waals surface area contributed by atoms with Gasteiger partial charge >= 0.3 is 0 Å². The first-order valence-electron chi connectivity index (χ1n) is 8.68. The van der Waals surface area contributed by atoms with Crippen molar-refractivity contribution in [2.24, 2.45) is 0 Å². The molecule has 2 heterocycles. The van der Waals surface area contributed by atoms with E-state index in [4.69, 9.17) is 9.15 Å². The van der Waals surface area contributed by atoms with Crippen LogP contribution in [-0.4, -0.2) is 18.0 Å². The first kappa shape index (κ1) is 18.9. The van der Waals surface area contributed by atoms with Gasteiger partial charge in [0.25, 0.3) is 5.91 Å². The maximum Gasteiger partial charge on any atom is 0.270 e. The van der Waals surface area contributed by atoms with Crippen LogP contribution in [-0.2, 0) is 4.79 Å². The average Bonchev–Trinajstić information content (AvgIpc) is 3.28. The smallest absolute Gasteiger partial charge is 0.270 e. The molecule has 0 saturated heterocycles. The van der Waals surface area contributed by atoms with E-state index in [0.717, 1.165) is 5.56 Å². The maximum absolute atomic E-state index is 13.3. The van der Waals surface area contributed by atoms with E-state index in [9.17, 15) is 10.1 Å². The van der Waals surface area contributed by atoms with Gasteiger partial charge in [0.05, 0.1) is 19.4 Å². The van der Waals surface area contributed by atoms with Crippen molar-refractivity contribution in [2.45, 2.75) is 13.0 Å². The molecule has 0 aliphatic carbocycles. The third kappa shape index (κ3) is 4.10. The van der Waals surface area contributed by atoms with Gasteiger partial charge in [-0.1, -0.05) is 18.2 Å². The molecule has 28 heavy (non-hydrogen) atoms. The average molecular weight is 373 g/mol. The van der Waals surface area contributed by atoms with Crippen molar-refractivity contribution in [3.8, 4) is 11.8 Å². The van der Waals surface area contributed by atoms with Crippen LogP contribution in [0.4, 0.5) is 5.82 Å². The highest BCUT2D eigenvalue weighted by molar-refractivity contribution is 6.11. The molecule has 0 aliphatic rings. The monoisotopic (exact) mass is 373 g/mol. The minimum Gasteiger partial charge on any atom is -0.497 e. The summed E-state index contributed by atoms with van der Waals surface area (Å²) in [5, 5.41) is 9.63. The molecule has 3 aromatic rings. The lowest BCUT2D eigenvalue weighted by atomic mass is 10.1. The fourth-order valence-electron chi connectivity index (χ4n) is 2.77. The van der Waals surface area contributed by atoms with E-state index in [1.807, 2.05) is 13.0 Å². The molecular formula is C22H19N3O3. The molecule has 0 fully saturated rings. The third-order valence-corrected chi connectivity index (χ3v) is 4.23. The lowest BCUT2D eigenvalue weighted by Crippen LogP contribution is -2.35. The topological polar surface area (TPSA) is 79.4 Å². The summed E-state index contributed by atoms with van der Waals surface area (Å²) < 4.78 is 10.6. The number of hydrogen-bond acceptors (Lipinski definition) is 5. The Morgan fingerprint density at radius 2 is 2.00 bits per heavy atom. The Morgan fingerprint density at radius 1 is 1.21 bits per heavy atom. The summed E-state index contributed by atoms with van der Waals surface area (Å²) in [6.07, 6.45) is 4.70. The van der Waals surface area contributed by atoms with Crippen LogP contribution < -0.4 is 9.64 Å². The van der Waals surface area contributed by atoms with Gasteiger partial charge in [-0.15, -0.1) is 0 Å². The van der Waals surface area contributed by atoms with Crippen molar-refractivity contribution in [1.82, 2.24) is 4.98 Å². The van der Waals surface area contributed by atoms with Crippen molar-refractivity contribution in [3.05, 3.63) is 84.0 Å². The number of benzene rings is 1. The number of nitrogens with zero attached hydrogens (tertiary/aromatic N) is 3. The fourth-order valence-corrected chi connectivity index (χ4v) is 2.77. The Balaban J connectivity index is 1.99. The number of carbonyl (C=O) groups excluding carboxylic acids is 1. The SMILES string of the molecule is COc1ccc(/C=C(\C#N)C(=O)N(c2ccccn2)C(C)c2ccco2)cc1. The number of aromatic nitrogens is 1. The zero-order chi connectivity index (χ0) is 19.9. The molecule has 0 spiro atoms. The molecule has 0 aliphatic heterocycles. The standard InChI is InChI=1S/C22H19N3O3/c1-16(20-6-5-13-28-20)25(21-7-3-4-12-24-21)22(26)18(15-23)14-17-8-10-19(27-2)11-9-17/h3-14,16H,1-2H3/b18-14+. The van der Waals surface area contributed by atoms with E-state index in [-0.39, 0.29) is 5.57 Å². The maximum atomic E-state index is 13.3. The Kier molecular flexibility index (Phi) is 5.87. The highest BCUT2D eigenvalue weighted by atomic mass is 16.5. The van der Waals surface area contributed by atoms with Crippen LogP contribution in [0.3, 0.4) is 0 Å². The molecule has 6 heteroatoms. The van der Waals surface area contributed by atoms with Gasteiger partial charge in [-0.2, -0.15) is 5.26 Å². The highest BCUT2D eigenvalue weighted by Crippen LogP contribution is 2.28. The number of anilines is 1. The summed E-state index contributed by atoms with van der Waals surface area (Å²) in [6.45, 7) is 1.83. The van der Waals surface area contributed by atoms with Crippen LogP contribution >= 0.6 is 0 Å². The number of nitriles is 1. The minimum absolute atomic E-state index is 0.00535. The lowest BCUT2D eigenvalue weighted by Gasteiger charge is -2.26. The summed E-state index contributed by atoms with van der Waals surface area (Å²) in [5.74, 6) is 1.28. The van der Waals surface area contributed by atoms with Crippen molar-refractivity contribution in [2.75, 3.05) is 12.0 Å². The molecule has 1 atom stereocenters. The van der Waals surface area contributed by atoms with E-state index in [1.165, 1.54) is 4.90 Å². The molecule has 6 nitrogen and oxygen atoms in total. The van der Waals surface area contributed by atoms with E-state index < -0.39 is 11.9 Å². The van der Waals surface area contributed by atoms with Crippen molar-refractivity contribution >= 4 is 17.8 Å². The molecule has 2 aromatic heterocycles. The van der Waals surface area contributed by atoms with Crippen molar-refractivity contribution < 1.29 is 13.9 Å². The second kappa shape index (κ2) is 8.69. The van der Waals surface area contributed by atoms with Gasteiger partial charge in [0, 0.05) is 6.20 Å². The Labute approximate surface area is 163 Å². The third-order valence-electron chi connectivity index (χ3n) is 4.23. The largest absolute Gasteiger partial charge is 0.497 e. The van der Waals surface area contributed by atoms with Crippen LogP contribution in [0.15, 0.2) is 77.0 Å². The van der Waals surface area contributed by atoms with Crippen molar-refractivity contribution in [1.29, 1.82) is 5.26 Å². The molecule has 1 amide bonds. The zero-order valence-electron chi connectivity index (χ0n) is 15.6. The van der Waals surface area contributed by atoms with Crippen LogP contribution in [0.5, 0.6) is 5.75 Å². The van der Waals surface area contributed by atoms with Crippen LogP contribution in [0.2, 0.25) is 0 Å². The number of furan rings is 1. The Bertz CT molecular complexity index is 988. The van der Waals surface area contributed by atoms with Gasteiger partial charge < -0.3 is 9.15 Å². The predicted octanol–water partition coefficient (Wildman–Crippen LogP) is 4.38. The molecular weight excluding hydrogens is 354 g/mol. The van der Waals surface area contributed by atoms with E-state index in [0.29, 0.717) is 17.3 Å². The molecule has 0 saturated carbocycles. The summed E-state index contributed by atoms with van der Waals surface area (Å²) in [7, 11) is 1.58. The molecule has 0 radical (unpaired) electrons. The second-order valence-electron chi connectivity index (χ2n) is 6.00. The van der Waals surface area contributed by atoms with Crippen LogP contribution in [0, 0.1) is 11.3 Å². The van der Waals surface area contributed by atoms with Crippen LogP contribution in [0.25, 0.3) is 6.08 Å². The fraction of sp³-hybridized carbons (Fsp3) is 0.136. The first-order chi connectivity index (χ1) is 13.6. The number of rotatable bonds is 6. The lowest BCUT2D eigenvalue weighted by molar-refractivity contribution is -0.115. The quantitative estimate of drug-likeness (QED) is 0.473. The summed E-state index contributed by atoms with van der Waals surface area (Å²) in [5.41, 5.74) is 0.714. The number of amides is 1. The van der Waals surface area contributed by atoms with Crippen molar-refractivity contribution in [3.63, 3.8) is 0 Å². The minimum atomic E-state index is -0.457. The Morgan fingerprint density at radius 3 is 2.57 bits per heavy atom. The second-order valence-corrected chi connectivity index (χ2v) is 6.00. The zero-order valence-corrected chi connectivity index (χ0v) is 15.6. The Hall–Kier alpha value is -3.85. The summed E-state index contributed by atoms with van der Waals surface area (Å²) in [4.78, 5) is 19.0. The molecule has 0 N–H and O–H groups in total. The molecule has 1 unspecified atom stereocenters. The van der Waals surface area contributed by atoms with Gasteiger partial charge in [0.15, 0.2) is 0 Å². The number of carbonyl (C=O) groups is 1. The van der Waals surface area contributed by atoms with Gasteiger partial charge in [0.1, 0.15) is 29.0 Å². The molecule has 3 rings (SSSR count). The van der Waals surface area contributed by atoms with Gasteiger partial charge in [0.2, 0.25) is 0 Å². The summed E-state index contributed by atoms with van der Waals surface area (Å²) >= 11 is 0. The van der Waals surface area contributed by atoms with E-state index in [1.54, 1.807) is 80.2 Å². The first-order valence-corrected chi connectivity index (χ1v) is 8.68. The summed E-state index contributed by atoms with van der Waals surface area (Å²) in [6, 6.07) is 17.5.